The van der Waals surface area contributed by atoms with Crippen LogP contribution in [-0.2, 0) is 0 Å². The Bertz CT molecular complexity index is 748. The maximum absolute atomic E-state index is 4.04. The summed E-state index contributed by atoms with van der Waals surface area (Å²) in [6, 6.07) is 17.0. The number of nitrogens with zero attached hydrogens (tertiary/aromatic N) is 1. The third-order valence-electron chi connectivity index (χ3n) is 3.26. The van der Waals surface area contributed by atoms with E-state index < -0.39 is 0 Å². The zero-order valence-corrected chi connectivity index (χ0v) is 12.1. The molecular weight excluding hydrogens is 262 g/mol. The number of hydrogen-bond donors (Lipinski definition) is 0. The van der Waals surface area contributed by atoms with Gasteiger partial charge in [-0.25, -0.2) is 0 Å². The van der Waals surface area contributed by atoms with Crippen molar-refractivity contribution in [2.45, 2.75) is 4.90 Å². The van der Waals surface area contributed by atoms with Crippen molar-refractivity contribution in [1.82, 2.24) is 4.98 Å². The van der Waals surface area contributed by atoms with Crippen molar-refractivity contribution in [1.29, 1.82) is 0 Å². The van der Waals surface area contributed by atoms with Crippen molar-refractivity contribution in [3.63, 3.8) is 0 Å². The first kappa shape index (κ1) is 12.9. The molecule has 20 heavy (non-hydrogen) atoms. The van der Waals surface area contributed by atoms with Crippen molar-refractivity contribution >= 4 is 34.7 Å². The number of aromatic nitrogens is 1. The lowest BCUT2D eigenvalue weighted by atomic mass is 10.1. The molecule has 0 N–H and O–H groups in total. The van der Waals surface area contributed by atoms with Crippen molar-refractivity contribution < 1.29 is 0 Å². The van der Waals surface area contributed by atoms with Crippen LogP contribution in [0.25, 0.3) is 22.9 Å². The second-order valence-electron chi connectivity index (χ2n) is 4.56. The minimum absolute atomic E-state index is 1.17. The molecule has 1 aromatic heterocycles. The SMILES string of the molecule is CSc1cc2ccccc2cc1/C=C/c1ccncc1. The molecule has 0 atom stereocenters. The lowest BCUT2D eigenvalue weighted by Gasteiger charge is -2.06. The summed E-state index contributed by atoms with van der Waals surface area (Å²) in [7, 11) is 0. The molecule has 0 aliphatic rings. The van der Waals surface area contributed by atoms with Gasteiger partial charge in [-0.05, 0) is 52.4 Å². The highest BCUT2D eigenvalue weighted by Crippen LogP contribution is 2.28. The second kappa shape index (κ2) is 5.93. The normalized spacial score (nSPS) is 11.2. The highest BCUT2D eigenvalue weighted by Gasteiger charge is 2.01. The highest BCUT2D eigenvalue weighted by atomic mass is 32.2. The summed E-state index contributed by atoms with van der Waals surface area (Å²) in [6.45, 7) is 0. The molecule has 3 aromatic rings. The molecule has 1 heterocycles. The molecular formula is C18H15NS. The maximum atomic E-state index is 4.04. The zero-order valence-electron chi connectivity index (χ0n) is 11.3. The highest BCUT2D eigenvalue weighted by molar-refractivity contribution is 7.98. The van der Waals surface area contributed by atoms with Gasteiger partial charge in [-0.3, -0.25) is 4.98 Å². The first-order valence-electron chi connectivity index (χ1n) is 6.52. The smallest absolute Gasteiger partial charge is 0.0273 e. The van der Waals surface area contributed by atoms with Gasteiger partial charge in [0.25, 0.3) is 0 Å². The summed E-state index contributed by atoms with van der Waals surface area (Å²) in [5.41, 5.74) is 2.42. The number of fused-ring (bicyclic) bond motifs is 1. The Morgan fingerprint density at radius 2 is 1.60 bits per heavy atom. The van der Waals surface area contributed by atoms with Crippen LogP contribution in [0.1, 0.15) is 11.1 Å². The Balaban J connectivity index is 2.04. The van der Waals surface area contributed by atoms with E-state index in [4.69, 9.17) is 0 Å². The first-order chi connectivity index (χ1) is 9.86. The predicted octanol–water partition coefficient (Wildman–Crippen LogP) is 5.13. The number of hydrogen-bond acceptors (Lipinski definition) is 2. The predicted molar refractivity (Wildman–Crippen MR) is 88.9 cm³/mol. The van der Waals surface area contributed by atoms with Crippen molar-refractivity contribution in [3.8, 4) is 0 Å². The van der Waals surface area contributed by atoms with Crippen LogP contribution in [0.15, 0.2) is 65.8 Å². The Hall–Kier alpha value is -2.06. The van der Waals surface area contributed by atoms with Gasteiger partial charge in [0.15, 0.2) is 0 Å². The Kier molecular flexibility index (Phi) is 3.84. The molecule has 0 aliphatic carbocycles. The molecule has 0 spiro atoms. The third-order valence-corrected chi connectivity index (χ3v) is 4.05. The van der Waals surface area contributed by atoms with Gasteiger partial charge in [0.1, 0.15) is 0 Å². The van der Waals surface area contributed by atoms with Crippen LogP contribution in [-0.4, -0.2) is 11.2 Å². The van der Waals surface area contributed by atoms with Gasteiger partial charge < -0.3 is 0 Å². The van der Waals surface area contributed by atoms with Gasteiger partial charge in [0.05, 0.1) is 0 Å². The van der Waals surface area contributed by atoms with Crippen molar-refractivity contribution in [3.05, 3.63) is 72.1 Å². The summed E-state index contributed by atoms with van der Waals surface area (Å²) >= 11 is 1.78. The Morgan fingerprint density at radius 3 is 2.30 bits per heavy atom. The summed E-state index contributed by atoms with van der Waals surface area (Å²) in [5, 5.41) is 2.57. The van der Waals surface area contributed by atoms with E-state index in [1.54, 1.807) is 11.8 Å². The molecule has 2 heteroatoms. The number of thioether (sulfide) groups is 1. The molecule has 0 unspecified atom stereocenters. The molecule has 0 fully saturated rings. The molecule has 0 aliphatic heterocycles. The molecule has 0 radical (unpaired) electrons. The third kappa shape index (κ3) is 2.75. The van der Waals surface area contributed by atoms with Crippen molar-refractivity contribution in [2.75, 3.05) is 6.26 Å². The quantitative estimate of drug-likeness (QED) is 0.616. The van der Waals surface area contributed by atoms with E-state index in [2.05, 4.69) is 59.8 Å². The van der Waals surface area contributed by atoms with Gasteiger partial charge in [-0.1, -0.05) is 36.4 Å². The average molecular weight is 277 g/mol. The van der Waals surface area contributed by atoms with Crippen LogP contribution in [0.2, 0.25) is 0 Å². The fourth-order valence-corrected chi connectivity index (χ4v) is 2.81. The van der Waals surface area contributed by atoms with E-state index in [1.807, 2.05) is 24.5 Å². The van der Waals surface area contributed by atoms with Gasteiger partial charge >= 0.3 is 0 Å². The fourth-order valence-electron chi connectivity index (χ4n) is 2.20. The average Bonchev–Trinajstić information content (AvgIpc) is 2.53. The van der Waals surface area contributed by atoms with Crippen LogP contribution in [0.5, 0.6) is 0 Å². The minimum atomic E-state index is 1.17. The number of pyridine rings is 1. The van der Waals surface area contributed by atoms with Crippen LogP contribution in [0.4, 0.5) is 0 Å². The Morgan fingerprint density at radius 1 is 0.900 bits per heavy atom. The molecule has 0 amide bonds. The lowest BCUT2D eigenvalue weighted by molar-refractivity contribution is 1.32. The zero-order chi connectivity index (χ0) is 13.8. The van der Waals surface area contributed by atoms with Gasteiger partial charge in [-0.2, -0.15) is 0 Å². The Labute approximate surface area is 123 Å². The molecule has 0 saturated carbocycles. The summed E-state index contributed by atoms with van der Waals surface area (Å²) in [5.74, 6) is 0. The molecule has 0 saturated heterocycles. The van der Waals surface area contributed by atoms with E-state index >= 15 is 0 Å². The number of rotatable bonds is 3. The first-order valence-corrected chi connectivity index (χ1v) is 7.74. The van der Waals surface area contributed by atoms with Crippen LogP contribution >= 0.6 is 11.8 Å². The van der Waals surface area contributed by atoms with Gasteiger partial charge in [0.2, 0.25) is 0 Å². The van der Waals surface area contributed by atoms with Gasteiger partial charge in [0, 0.05) is 17.3 Å². The topological polar surface area (TPSA) is 12.9 Å². The lowest BCUT2D eigenvalue weighted by Crippen LogP contribution is -1.81. The number of benzene rings is 2. The van der Waals surface area contributed by atoms with E-state index in [0.29, 0.717) is 0 Å². The maximum Gasteiger partial charge on any atom is 0.0273 e. The van der Waals surface area contributed by atoms with E-state index in [0.717, 1.165) is 0 Å². The standard InChI is InChI=1S/C18H15NS/c1-20-18-13-16-5-3-2-4-15(16)12-17(18)7-6-14-8-10-19-11-9-14/h2-13H,1H3/b7-6+. The van der Waals surface area contributed by atoms with E-state index in [-0.39, 0.29) is 0 Å². The van der Waals surface area contributed by atoms with E-state index in [9.17, 15) is 0 Å². The summed E-state index contributed by atoms with van der Waals surface area (Å²) < 4.78 is 0. The molecule has 3 rings (SSSR count). The van der Waals surface area contributed by atoms with E-state index in [1.165, 1.54) is 26.8 Å². The second-order valence-corrected chi connectivity index (χ2v) is 5.40. The summed E-state index contributed by atoms with van der Waals surface area (Å²) in [6.07, 6.45) is 10.1. The minimum Gasteiger partial charge on any atom is -0.265 e. The largest absolute Gasteiger partial charge is 0.265 e. The molecule has 0 bridgehead atoms. The van der Waals surface area contributed by atoms with Crippen LogP contribution in [0.3, 0.4) is 0 Å². The summed E-state index contributed by atoms with van der Waals surface area (Å²) in [4.78, 5) is 5.34. The van der Waals surface area contributed by atoms with Crippen LogP contribution < -0.4 is 0 Å². The van der Waals surface area contributed by atoms with Crippen LogP contribution in [0, 0.1) is 0 Å². The van der Waals surface area contributed by atoms with Crippen molar-refractivity contribution in [2.24, 2.45) is 0 Å². The fraction of sp³-hybridized carbons (Fsp3) is 0.0556. The molecule has 2 aromatic carbocycles. The molecule has 1 nitrogen and oxygen atoms in total. The monoisotopic (exact) mass is 277 g/mol. The molecule has 98 valence electrons. The van der Waals surface area contributed by atoms with Gasteiger partial charge in [-0.15, -0.1) is 11.8 Å².